The van der Waals surface area contributed by atoms with E-state index in [4.69, 9.17) is 9.47 Å². The van der Waals surface area contributed by atoms with Gasteiger partial charge >= 0.3 is 5.97 Å². The first-order chi connectivity index (χ1) is 6.15. The molecular weight excluding hydrogens is 188 g/mol. The predicted octanol–water partition coefficient (Wildman–Crippen LogP) is -0.192. The summed E-state index contributed by atoms with van der Waals surface area (Å²) in [5.74, 6) is -0.460. The van der Waals surface area contributed by atoms with E-state index in [2.05, 4.69) is 4.74 Å². The minimum atomic E-state index is -0.682. The molecule has 0 aliphatic rings. The molecule has 0 bridgehead atoms. The maximum Gasteiger partial charge on any atom is 0.332 e. The van der Waals surface area contributed by atoms with Gasteiger partial charge < -0.3 is 14.2 Å². The maximum atomic E-state index is 11.0. The molecule has 0 atom stereocenters. The van der Waals surface area contributed by atoms with Crippen LogP contribution in [0.2, 0.25) is 0 Å². The van der Waals surface area contributed by atoms with Gasteiger partial charge in [0.15, 0.2) is 0 Å². The second kappa shape index (κ2) is 6.82. The van der Waals surface area contributed by atoms with Gasteiger partial charge in [0.2, 0.25) is 0 Å². The van der Waals surface area contributed by atoms with Crippen LogP contribution in [0.25, 0.3) is 0 Å². The molecule has 0 radical (unpaired) electrons. The first-order valence-electron chi connectivity index (χ1n) is 3.96. The molecule has 0 N–H and O–H groups in total. The van der Waals surface area contributed by atoms with Crippen LogP contribution in [0.15, 0.2) is 11.3 Å². The third-order valence-electron chi connectivity index (χ3n) is 1.65. The lowest BCUT2D eigenvalue weighted by Crippen LogP contribution is -2.20. The second-order valence-electron chi connectivity index (χ2n) is 2.52. The minimum Gasteiger partial charge on any atom is -0.466 e. The van der Waals surface area contributed by atoms with Crippen LogP contribution in [0.3, 0.4) is 0 Å². The number of hydrogen-bond acceptors (Lipinski definition) is 4. The average molecular weight is 204 g/mol. The molecular formula is C8H16O4Si. The van der Waals surface area contributed by atoms with E-state index in [1.807, 2.05) is 5.70 Å². The third kappa shape index (κ3) is 4.82. The molecule has 0 heterocycles. The molecule has 76 valence electrons. The third-order valence-corrected chi connectivity index (χ3v) is 3.55. The van der Waals surface area contributed by atoms with Crippen LogP contribution in [0, 0.1) is 0 Å². The summed E-state index contributed by atoms with van der Waals surface area (Å²) < 4.78 is 14.6. The summed E-state index contributed by atoms with van der Waals surface area (Å²) in [6, 6.07) is 0. The Morgan fingerprint density at radius 3 is 2.23 bits per heavy atom. The molecule has 4 nitrogen and oxygen atoms in total. The molecule has 0 aliphatic carbocycles. The molecule has 5 heteroatoms. The molecule has 0 aliphatic heterocycles. The Kier molecular flexibility index (Phi) is 6.48. The number of ether oxygens (including phenoxy) is 3. The van der Waals surface area contributed by atoms with E-state index < -0.39 is 9.52 Å². The van der Waals surface area contributed by atoms with Crippen molar-refractivity contribution in [2.45, 2.75) is 12.8 Å². The molecule has 0 saturated carbocycles. The fourth-order valence-corrected chi connectivity index (χ4v) is 1.90. The van der Waals surface area contributed by atoms with Crippen LogP contribution < -0.4 is 0 Å². The highest BCUT2D eigenvalue weighted by molar-refractivity contribution is 6.44. The molecule has 0 aromatic heterocycles. The lowest BCUT2D eigenvalue weighted by atomic mass is 10.4. The topological polar surface area (TPSA) is 44.8 Å². The van der Waals surface area contributed by atoms with Gasteiger partial charge in [-0.15, -0.1) is 0 Å². The zero-order valence-corrected chi connectivity index (χ0v) is 9.91. The number of rotatable bonds is 5. The number of hydrogen-bond donors (Lipinski definition) is 0. The largest absolute Gasteiger partial charge is 0.466 e. The van der Waals surface area contributed by atoms with Gasteiger partial charge in [-0.05, 0) is 6.92 Å². The number of carbonyl (C=O) groups is 1. The van der Waals surface area contributed by atoms with Gasteiger partial charge in [0.1, 0.15) is 15.4 Å². The zero-order valence-electron chi connectivity index (χ0n) is 8.49. The highest BCUT2D eigenvalue weighted by atomic mass is 28.2. The van der Waals surface area contributed by atoms with Gasteiger partial charge in [0.05, 0.1) is 7.11 Å². The molecule has 0 rings (SSSR count). The monoisotopic (exact) mass is 204 g/mol. The standard InChI is InChI=1S/C8H16O4Si/c1-6(7(9)10-2)5-13-8(11-3)12-4/h5,8H,13H2,1-4H3. The van der Waals surface area contributed by atoms with Crippen molar-refractivity contribution in [2.24, 2.45) is 0 Å². The van der Waals surface area contributed by atoms with Gasteiger partial charge in [0.25, 0.3) is 0 Å². The average Bonchev–Trinajstić information content (AvgIpc) is 2.17. The van der Waals surface area contributed by atoms with Crippen molar-refractivity contribution in [3.8, 4) is 0 Å². The van der Waals surface area contributed by atoms with Crippen LogP contribution in [0.5, 0.6) is 0 Å². The summed E-state index contributed by atoms with van der Waals surface area (Å²) in [7, 11) is 3.86. The maximum absolute atomic E-state index is 11.0. The summed E-state index contributed by atoms with van der Waals surface area (Å²) in [6.45, 7) is 1.72. The summed E-state index contributed by atoms with van der Waals surface area (Å²) >= 11 is 0. The molecule has 0 spiro atoms. The van der Waals surface area contributed by atoms with E-state index in [0.29, 0.717) is 5.57 Å². The van der Waals surface area contributed by atoms with Crippen molar-refractivity contribution in [1.29, 1.82) is 0 Å². The Hall–Kier alpha value is -0.653. The van der Waals surface area contributed by atoms with Crippen molar-refractivity contribution in [3.05, 3.63) is 11.3 Å². The molecule has 0 aromatic carbocycles. The van der Waals surface area contributed by atoms with E-state index in [9.17, 15) is 4.79 Å². The Morgan fingerprint density at radius 2 is 1.85 bits per heavy atom. The smallest absolute Gasteiger partial charge is 0.332 e. The molecule has 0 amide bonds. The number of methoxy groups -OCH3 is 3. The van der Waals surface area contributed by atoms with Crippen LogP contribution in [-0.4, -0.2) is 42.7 Å². The van der Waals surface area contributed by atoms with Crippen molar-refractivity contribution in [3.63, 3.8) is 0 Å². The summed E-state index contributed by atoms with van der Waals surface area (Å²) in [5.41, 5.74) is 2.48. The van der Waals surface area contributed by atoms with E-state index in [1.165, 1.54) is 7.11 Å². The van der Waals surface area contributed by atoms with E-state index in [0.717, 1.165) is 0 Å². The number of esters is 1. The lowest BCUT2D eigenvalue weighted by molar-refractivity contribution is -0.136. The van der Waals surface area contributed by atoms with Crippen LogP contribution in [-0.2, 0) is 19.0 Å². The Balaban J connectivity index is 4.01. The highest BCUT2D eigenvalue weighted by Crippen LogP contribution is 1.96. The fourth-order valence-electron chi connectivity index (χ4n) is 0.806. The molecule has 0 fully saturated rings. The van der Waals surface area contributed by atoms with Gasteiger partial charge in [-0.3, -0.25) is 0 Å². The summed E-state index contributed by atoms with van der Waals surface area (Å²) in [4.78, 5) is 11.0. The van der Waals surface area contributed by atoms with Crippen LogP contribution >= 0.6 is 0 Å². The van der Waals surface area contributed by atoms with E-state index in [1.54, 1.807) is 21.1 Å². The molecule has 0 unspecified atom stereocenters. The van der Waals surface area contributed by atoms with Crippen molar-refractivity contribution in [1.82, 2.24) is 0 Å². The minimum absolute atomic E-state index is 0.167. The highest BCUT2D eigenvalue weighted by Gasteiger charge is 2.06. The second-order valence-corrected chi connectivity index (χ2v) is 4.06. The predicted molar refractivity (Wildman–Crippen MR) is 52.1 cm³/mol. The summed E-state index contributed by atoms with van der Waals surface area (Å²) in [5, 5.41) is 0. The first kappa shape index (κ1) is 12.3. The molecule has 0 aromatic rings. The fraction of sp³-hybridized carbons (Fsp3) is 0.625. The lowest BCUT2D eigenvalue weighted by Gasteiger charge is -2.10. The van der Waals surface area contributed by atoms with Gasteiger partial charge in [-0.2, -0.15) is 0 Å². The summed E-state index contributed by atoms with van der Waals surface area (Å²) in [6.07, 6.45) is 0. The zero-order chi connectivity index (χ0) is 10.3. The first-order valence-corrected chi connectivity index (χ1v) is 5.59. The normalized spacial score (nSPS) is 12.8. The van der Waals surface area contributed by atoms with Crippen molar-refractivity contribution in [2.75, 3.05) is 21.3 Å². The van der Waals surface area contributed by atoms with Crippen LogP contribution in [0.4, 0.5) is 0 Å². The SMILES string of the molecule is COC(=O)C(C)=C[SiH2]C(OC)OC. The number of carbonyl (C=O) groups excluding carboxylic acids is 1. The van der Waals surface area contributed by atoms with Crippen molar-refractivity contribution >= 4 is 15.5 Å². The quantitative estimate of drug-likeness (QED) is 0.269. The molecule has 0 saturated heterocycles. The van der Waals surface area contributed by atoms with Crippen molar-refractivity contribution < 1.29 is 19.0 Å². The van der Waals surface area contributed by atoms with Gasteiger partial charge in [-0.25, -0.2) is 4.79 Å². The Bertz CT molecular complexity index is 187. The van der Waals surface area contributed by atoms with Crippen LogP contribution in [0.1, 0.15) is 6.92 Å². The molecule has 13 heavy (non-hydrogen) atoms. The Labute approximate surface area is 80.7 Å². The van der Waals surface area contributed by atoms with Gasteiger partial charge in [0, 0.05) is 19.8 Å². The van der Waals surface area contributed by atoms with E-state index >= 15 is 0 Å². The van der Waals surface area contributed by atoms with Gasteiger partial charge in [-0.1, -0.05) is 5.70 Å². The van der Waals surface area contributed by atoms with E-state index in [-0.39, 0.29) is 11.9 Å². The Morgan fingerprint density at radius 1 is 1.31 bits per heavy atom.